The van der Waals surface area contributed by atoms with E-state index < -0.39 is 5.88 Å². The van der Waals surface area contributed by atoms with Crippen LogP contribution in [-0.2, 0) is 13.0 Å². The molecule has 2 rings (SSSR count). The van der Waals surface area contributed by atoms with Crippen LogP contribution in [-0.4, -0.2) is 15.3 Å². The lowest BCUT2D eigenvalue weighted by atomic mass is 10.2. The fraction of sp³-hybridized carbons (Fsp3) is 0.333. The molecule has 14 heavy (non-hydrogen) atoms. The van der Waals surface area contributed by atoms with Crippen LogP contribution < -0.4 is 10.7 Å². The van der Waals surface area contributed by atoms with Crippen molar-refractivity contribution in [3.05, 3.63) is 28.6 Å². The lowest BCUT2D eigenvalue weighted by molar-refractivity contribution is -0.277. The van der Waals surface area contributed by atoms with Gasteiger partial charge in [-0.3, -0.25) is 9.36 Å². The van der Waals surface area contributed by atoms with E-state index >= 15 is 0 Å². The number of fused-ring (bicyclic) bond motifs is 1. The molecule has 1 aromatic heterocycles. The molecule has 4 nitrogen and oxygen atoms in total. The fourth-order valence-corrected chi connectivity index (χ4v) is 2.34. The summed E-state index contributed by atoms with van der Waals surface area (Å²) in [5.41, 5.74) is 0.0242. The van der Waals surface area contributed by atoms with Gasteiger partial charge in [-0.1, -0.05) is 17.8 Å². The lowest BCUT2D eigenvalue weighted by Crippen LogP contribution is -2.26. The van der Waals surface area contributed by atoms with Gasteiger partial charge in [0.1, 0.15) is 0 Å². The molecule has 5 heteroatoms. The van der Waals surface area contributed by atoms with E-state index in [1.54, 1.807) is 10.6 Å². The molecule has 0 bridgehead atoms. The Balaban J connectivity index is 2.62. The summed E-state index contributed by atoms with van der Waals surface area (Å²) in [7, 11) is 0. The number of aromatic nitrogens is 2. The van der Waals surface area contributed by atoms with Gasteiger partial charge < -0.3 is 5.11 Å². The van der Waals surface area contributed by atoms with Crippen LogP contribution in [0, 0.1) is 0 Å². The number of nitrogens with zero attached hydrogens (tertiary/aromatic N) is 2. The first-order chi connectivity index (χ1) is 6.74. The van der Waals surface area contributed by atoms with Gasteiger partial charge in [-0.05, 0) is 12.3 Å². The van der Waals surface area contributed by atoms with Crippen molar-refractivity contribution in [3.63, 3.8) is 0 Å². The Kier molecular flexibility index (Phi) is 2.33. The number of hydrogen-bond acceptors (Lipinski definition) is 4. The molecule has 0 saturated carbocycles. The number of thioether (sulfide) groups is 1. The van der Waals surface area contributed by atoms with Gasteiger partial charge in [-0.2, -0.15) is 0 Å². The zero-order valence-corrected chi connectivity index (χ0v) is 8.34. The Morgan fingerprint density at radius 2 is 2.50 bits per heavy atom. The van der Waals surface area contributed by atoms with Crippen molar-refractivity contribution >= 4 is 11.8 Å². The average Bonchev–Trinajstić information content (AvgIpc) is 2.60. The zero-order valence-electron chi connectivity index (χ0n) is 7.52. The minimum absolute atomic E-state index is 0.204. The Morgan fingerprint density at radius 1 is 1.71 bits per heavy atom. The first kappa shape index (κ1) is 9.33. The van der Waals surface area contributed by atoms with Crippen molar-refractivity contribution in [2.75, 3.05) is 5.75 Å². The largest absolute Gasteiger partial charge is 0.858 e. The van der Waals surface area contributed by atoms with E-state index in [-0.39, 0.29) is 11.1 Å². The molecule has 0 amide bonds. The van der Waals surface area contributed by atoms with E-state index in [4.69, 9.17) is 0 Å². The highest BCUT2D eigenvalue weighted by atomic mass is 32.2. The Bertz CT molecular complexity index is 439. The second kappa shape index (κ2) is 3.49. The van der Waals surface area contributed by atoms with Crippen LogP contribution in [0.2, 0.25) is 0 Å². The molecule has 1 aliphatic heterocycles. The first-order valence-corrected chi connectivity index (χ1v) is 5.27. The third kappa shape index (κ3) is 1.33. The van der Waals surface area contributed by atoms with E-state index in [0.29, 0.717) is 18.1 Å². The van der Waals surface area contributed by atoms with Gasteiger partial charge in [0.05, 0.1) is 0 Å². The van der Waals surface area contributed by atoms with E-state index in [0.717, 1.165) is 5.75 Å². The lowest BCUT2D eigenvalue weighted by Gasteiger charge is -2.12. The molecule has 2 heterocycles. The second-order valence-electron chi connectivity index (χ2n) is 2.98. The predicted molar refractivity (Wildman–Crippen MR) is 52.6 cm³/mol. The molecule has 1 aliphatic rings. The SMILES string of the molecule is C=CCc1c([O-])nc2n(c1=O)CCS2. The first-order valence-electron chi connectivity index (χ1n) is 4.28. The molecule has 0 N–H and O–H groups in total. The summed E-state index contributed by atoms with van der Waals surface area (Å²) in [6.45, 7) is 4.16. The predicted octanol–water partition coefficient (Wildman–Crippen LogP) is 0.151. The molecular weight excluding hydrogens is 200 g/mol. The number of hydrogen-bond donors (Lipinski definition) is 0. The summed E-state index contributed by atoms with van der Waals surface area (Å²) in [6, 6.07) is 0. The highest BCUT2D eigenvalue weighted by Crippen LogP contribution is 2.23. The third-order valence-electron chi connectivity index (χ3n) is 2.08. The van der Waals surface area contributed by atoms with Crippen molar-refractivity contribution in [2.45, 2.75) is 18.1 Å². The van der Waals surface area contributed by atoms with Crippen molar-refractivity contribution in [2.24, 2.45) is 0 Å². The molecule has 0 spiro atoms. The Labute approximate surface area is 85.3 Å². The summed E-state index contributed by atoms with van der Waals surface area (Å²) in [6.07, 6.45) is 1.85. The van der Waals surface area contributed by atoms with Gasteiger partial charge in [-0.25, -0.2) is 4.98 Å². The van der Waals surface area contributed by atoms with E-state index in [1.807, 2.05) is 0 Å². The minimum Gasteiger partial charge on any atom is -0.858 e. The molecule has 0 aromatic carbocycles. The normalized spacial score (nSPS) is 14.0. The smallest absolute Gasteiger partial charge is 0.257 e. The van der Waals surface area contributed by atoms with Crippen molar-refractivity contribution in [1.29, 1.82) is 0 Å². The van der Waals surface area contributed by atoms with Crippen molar-refractivity contribution < 1.29 is 5.11 Å². The van der Waals surface area contributed by atoms with E-state index in [9.17, 15) is 9.90 Å². The third-order valence-corrected chi connectivity index (χ3v) is 3.04. The monoisotopic (exact) mass is 209 g/mol. The van der Waals surface area contributed by atoms with Gasteiger partial charge >= 0.3 is 0 Å². The van der Waals surface area contributed by atoms with Crippen LogP contribution in [0.1, 0.15) is 5.56 Å². The van der Waals surface area contributed by atoms with Crippen LogP contribution >= 0.6 is 11.8 Å². The maximum absolute atomic E-state index is 11.7. The highest BCUT2D eigenvalue weighted by Gasteiger charge is 2.16. The van der Waals surface area contributed by atoms with Crippen LogP contribution in [0.5, 0.6) is 5.88 Å². The molecular formula is C9H9N2O2S-. The molecule has 74 valence electrons. The maximum Gasteiger partial charge on any atom is 0.257 e. The molecule has 0 saturated heterocycles. The van der Waals surface area contributed by atoms with E-state index in [1.165, 1.54) is 11.8 Å². The van der Waals surface area contributed by atoms with Crippen LogP contribution in [0.25, 0.3) is 0 Å². The number of allylic oxidation sites excluding steroid dienone is 1. The van der Waals surface area contributed by atoms with Crippen LogP contribution in [0.15, 0.2) is 22.6 Å². The number of rotatable bonds is 2. The Hall–Kier alpha value is -1.23. The quantitative estimate of drug-likeness (QED) is 0.514. The fourth-order valence-electron chi connectivity index (χ4n) is 1.41. The van der Waals surface area contributed by atoms with Crippen LogP contribution in [0.3, 0.4) is 0 Å². The molecule has 0 fully saturated rings. The van der Waals surface area contributed by atoms with Gasteiger partial charge in [0, 0.05) is 17.9 Å². The molecule has 0 radical (unpaired) electrons. The van der Waals surface area contributed by atoms with Gasteiger partial charge in [0.25, 0.3) is 5.56 Å². The standard InChI is InChI=1S/C9H10N2O2S/c1-2-3-6-7(12)10-9-11(8(6)13)4-5-14-9/h2,12H,1,3-5H2/p-1. The van der Waals surface area contributed by atoms with E-state index in [2.05, 4.69) is 11.6 Å². The summed E-state index contributed by atoms with van der Waals surface area (Å²) >= 11 is 1.45. The van der Waals surface area contributed by atoms with Gasteiger partial charge in [0.15, 0.2) is 5.16 Å². The summed E-state index contributed by atoms with van der Waals surface area (Å²) in [5.74, 6) is 0.412. The van der Waals surface area contributed by atoms with Gasteiger partial charge in [0.2, 0.25) is 0 Å². The minimum atomic E-state index is -0.407. The molecule has 0 aliphatic carbocycles. The zero-order chi connectivity index (χ0) is 10.1. The Morgan fingerprint density at radius 3 is 3.21 bits per heavy atom. The van der Waals surface area contributed by atoms with Gasteiger partial charge in [-0.15, -0.1) is 6.58 Å². The molecule has 1 aromatic rings. The maximum atomic E-state index is 11.7. The molecule has 0 unspecified atom stereocenters. The van der Waals surface area contributed by atoms with Crippen molar-refractivity contribution in [1.82, 2.24) is 9.55 Å². The second-order valence-corrected chi connectivity index (χ2v) is 4.04. The summed E-state index contributed by atoms with van der Waals surface area (Å²) in [4.78, 5) is 15.6. The molecule has 0 atom stereocenters. The average molecular weight is 209 g/mol. The highest BCUT2D eigenvalue weighted by molar-refractivity contribution is 7.99. The summed E-state index contributed by atoms with van der Waals surface area (Å²) < 4.78 is 1.56. The summed E-state index contributed by atoms with van der Waals surface area (Å²) in [5, 5.41) is 12.0. The topological polar surface area (TPSA) is 58.0 Å². The van der Waals surface area contributed by atoms with Crippen molar-refractivity contribution in [3.8, 4) is 5.88 Å². The van der Waals surface area contributed by atoms with Crippen LogP contribution in [0.4, 0.5) is 0 Å².